The molecule has 0 unspecified atom stereocenters. The normalized spacial score (nSPS) is 15.6. The topological polar surface area (TPSA) is 96.4 Å². The van der Waals surface area contributed by atoms with E-state index in [1.165, 1.54) is 4.57 Å². The number of hydrogen-bond acceptors (Lipinski definition) is 5. The number of hydrogen-bond donors (Lipinski definition) is 1. The Balaban J connectivity index is 2.05. The van der Waals surface area contributed by atoms with Crippen LogP contribution in [0.1, 0.15) is 35.7 Å². The highest BCUT2D eigenvalue weighted by atomic mass is 16.5. The van der Waals surface area contributed by atoms with E-state index in [0.29, 0.717) is 19.0 Å². The Kier molecular flexibility index (Phi) is 4.11. The first kappa shape index (κ1) is 16.2. The first-order valence-electron chi connectivity index (χ1n) is 7.66. The molecule has 0 bridgehead atoms. The van der Waals surface area contributed by atoms with Crippen molar-refractivity contribution >= 4 is 5.91 Å². The summed E-state index contributed by atoms with van der Waals surface area (Å²) in [6.45, 7) is 4.47. The second kappa shape index (κ2) is 6.09. The number of carbonyl (C=O) groups excluding carboxylic acids is 1. The number of nitrogens with zero attached hydrogens (tertiary/aromatic N) is 2. The van der Waals surface area contributed by atoms with Crippen LogP contribution < -0.4 is 16.0 Å². The summed E-state index contributed by atoms with van der Waals surface area (Å²) in [5, 5.41) is 0. The summed E-state index contributed by atoms with van der Waals surface area (Å²) < 4.78 is 12.7. The second-order valence-electron chi connectivity index (χ2n) is 6.07. The predicted octanol–water partition coefficient (Wildman–Crippen LogP) is 1.19. The molecular weight excluding hydrogens is 310 g/mol. The smallest absolute Gasteiger partial charge is 0.296 e. The summed E-state index contributed by atoms with van der Waals surface area (Å²) in [6.07, 6.45) is 0. The van der Waals surface area contributed by atoms with Crippen LogP contribution in [0.3, 0.4) is 0 Å². The third-order valence-electron chi connectivity index (χ3n) is 3.90. The van der Waals surface area contributed by atoms with E-state index >= 15 is 0 Å². The first-order chi connectivity index (χ1) is 11.4. The third kappa shape index (κ3) is 2.90. The summed E-state index contributed by atoms with van der Waals surface area (Å²) >= 11 is 0. The fourth-order valence-electron chi connectivity index (χ4n) is 2.69. The van der Waals surface area contributed by atoms with Crippen LogP contribution in [0.4, 0.5) is 0 Å². The zero-order valence-electron chi connectivity index (χ0n) is 13.6. The van der Waals surface area contributed by atoms with Gasteiger partial charge in [0.05, 0.1) is 13.2 Å². The van der Waals surface area contributed by atoms with Gasteiger partial charge in [-0.15, -0.1) is 0 Å². The number of fused-ring (bicyclic) bond motifs is 1. The average Bonchev–Trinajstić information content (AvgIpc) is 2.55. The van der Waals surface area contributed by atoms with Gasteiger partial charge in [0, 0.05) is 0 Å². The van der Waals surface area contributed by atoms with E-state index in [0.717, 1.165) is 5.56 Å². The minimum atomic E-state index is -0.806. The van der Waals surface area contributed by atoms with Crippen LogP contribution in [-0.4, -0.2) is 22.1 Å². The van der Waals surface area contributed by atoms with E-state index in [4.69, 9.17) is 15.2 Å². The van der Waals surface area contributed by atoms with Crippen molar-refractivity contribution < 1.29 is 14.3 Å². The van der Waals surface area contributed by atoms with Gasteiger partial charge in [0.15, 0.2) is 5.69 Å². The molecule has 0 aliphatic carbocycles. The molecule has 0 saturated heterocycles. The fourth-order valence-corrected chi connectivity index (χ4v) is 2.69. The van der Waals surface area contributed by atoms with Gasteiger partial charge in [-0.3, -0.25) is 14.2 Å². The molecule has 3 rings (SSSR count). The molecule has 0 atom stereocenters. The van der Waals surface area contributed by atoms with Gasteiger partial charge in [0.2, 0.25) is 5.75 Å². The van der Waals surface area contributed by atoms with Crippen LogP contribution in [0.5, 0.6) is 5.75 Å². The maximum atomic E-state index is 12.8. The summed E-state index contributed by atoms with van der Waals surface area (Å²) in [5.41, 5.74) is 4.92. The Morgan fingerprint density at radius 1 is 1.38 bits per heavy atom. The SMILES string of the molecule is CC1(C)OCCn2c1nc(C(N)=O)c(OCc1ccccc1)c2=O. The van der Waals surface area contributed by atoms with Gasteiger partial charge in [-0.05, 0) is 19.4 Å². The fraction of sp³-hybridized carbons (Fsp3) is 0.353. The molecule has 126 valence electrons. The maximum Gasteiger partial charge on any atom is 0.296 e. The monoisotopic (exact) mass is 329 g/mol. The number of aromatic nitrogens is 2. The molecule has 7 heteroatoms. The lowest BCUT2D eigenvalue weighted by Crippen LogP contribution is -2.42. The highest BCUT2D eigenvalue weighted by Gasteiger charge is 2.34. The lowest BCUT2D eigenvalue weighted by atomic mass is 10.1. The molecule has 2 N–H and O–H groups in total. The number of rotatable bonds is 4. The van der Waals surface area contributed by atoms with Crippen molar-refractivity contribution in [2.24, 2.45) is 5.73 Å². The molecule has 1 aromatic heterocycles. The van der Waals surface area contributed by atoms with Crippen molar-refractivity contribution in [2.45, 2.75) is 32.6 Å². The zero-order chi connectivity index (χ0) is 17.3. The van der Waals surface area contributed by atoms with Crippen molar-refractivity contribution in [2.75, 3.05) is 6.61 Å². The molecule has 24 heavy (non-hydrogen) atoms. The minimum absolute atomic E-state index is 0.118. The standard InChI is InChI=1S/C17H19N3O4/c1-17(2)16-19-12(14(18)21)13(15(22)20(16)8-9-24-17)23-10-11-6-4-3-5-7-11/h3-7H,8-10H2,1-2H3,(H2,18,21). The molecule has 1 aliphatic heterocycles. The molecule has 0 radical (unpaired) electrons. The van der Waals surface area contributed by atoms with Crippen LogP contribution in [0.15, 0.2) is 35.1 Å². The highest BCUT2D eigenvalue weighted by molar-refractivity contribution is 5.93. The van der Waals surface area contributed by atoms with Gasteiger partial charge in [-0.2, -0.15) is 0 Å². The van der Waals surface area contributed by atoms with E-state index in [9.17, 15) is 9.59 Å². The van der Waals surface area contributed by atoms with Crippen LogP contribution in [-0.2, 0) is 23.5 Å². The quantitative estimate of drug-likeness (QED) is 0.909. The second-order valence-corrected chi connectivity index (χ2v) is 6.07. The molecule has 0 spiro atoms. The number of ether oxygens (including phenoxy) is 2. The minimum Gasteiger partial charge on any atom is -0.481 e. The van der Waals surface area contributed by atoms with Gasteiger partial charge in [-0.1, -0.05) is 30.3 Å². The molecule has 0 fully saturated rings. The lowest BCUT2D eigenvalue weighted by Gasteiger charge is -2.32. The van der Waals surface area contributed by atoms with Crippen LogP contribution >= 0.6 is 0 Å². The van der Waals surface area contributed by atoms with E-state index in [1.807, 2.05) is 30.3 Å². The third-order valence-corrected chi connectivity index (χ3v) is 3.90. The number of amides is 1. The van der Waals surface area contributed by atoms with E-state index in [2.05, 4.69) is 4.98 Å². The average molecular weight is 329 g/mol. The molecule has 1 aliphatic rings. The first-order valence-corrected chi connectivity index (χ1v) is 7.66. The van der Waals surface area contributed by atoms with Gasteiger partial charge < -0.3 is 15.2 Å². The van der Waals surface area contributed by atoms with Gasteiger partial charge >= 0.3 is 0 Å². The summed E-state index contributed by atoms with van der Waals surface area (Å²) in [5.74, 6) is -0.549. The number of benzene rings is 1. The largest absolute Gasteiger partial charge is 0.481 e. The summed E-state index contributed by atoms with van der Waals surface area (Å²) in [4.78, 5) is 28.8. The molecular formula is C17H19N3O4. The van der Waals surface area contributed by atoms with Crippen molar-refractivity contribution in [1.29, 1.82) is 0 Å². The van der Waals surface area contributed by atoms with Crippen LogP contribution in [0.2, 0.25) is 0 Å². The molecule has 7 nitrogen and oxygen atoms in total. The summed E-state index contributed by atoms with van der Waals surface area (Å²) in [7, 11) is 0. The van der Waals surface area contributed by atoms with Crippen molar-refractivity contribution in [3.63, 3.8) is 0 Å². The highest BCUT2D eigenvalue weighted by Crippen LogP contribution is 2.27. The summed E-state index contributed by atoms with van der Waals surface area (Å²) in [6, 6.07) is 9.35. The van der Waals surface area contributed by atoms with Gasteiger partial charge in [0.25, 0.3) is 11.5 Å². The number of nitrogens with two attached hydrogens (primary N) is 1. The Morgan fingerprint density at radius 2 is 2.08 bits per heavy atom. The molecule has 0 saturated carbocycles. The molecule has 1 amide bonds. The molecule has 2 heterocycles. The Bertz CT molecular complexity index is 828. The predicted molar refractivity (Wildman–Crippen MR) is 86.8 cm³/mol. The number of carbonyl (C=O) groups is 1. The van der Waals surface area contributed by atoms with Crippen molar-refractivity contribution in [1.82, 2.24) is 9.55 Å². The van der Waals surface area contributed by atoms with Crippen LogP contribution in [0.25, 0.3) is 0 Å². The molecule has 1 aromatic carbocycles. The van der Waals surface area contributed by atoms with E-state index in [-0.39, 0.29) is 18.1 Å². The van der Waals surface area contributed by atoms with E-state index in [1.54, 1.807) is 13.8 Å². The van der Waals surface area contributed by atoms with E-state index < -0.39 is 17.1 Å². The zero-order valence-corrected chi connectivity index (χ0v) is 13.6. The Hall–Kier alpha value is -2.67. The maximum absolute atomic E-state index is 12.8. The Morgan fingerprint density at radius 3 is 2.75 bits per heavy atom. The molecule has 2 aromatic rings. The lowest BCUT2D eigenvalue weighted by molar-refractivity contribution is -0.0567. The number of primary amides is 1. The van der Waals surface area contributed by atoms with Crippen molar-refractivity contribution in [3.8, 4) is 5.75 Å². The van der Waals surface area contributed by atoms with Crippen LogP contribution in [0, 0.1) is 0 Å². The van der Waals surface area contributed by atoms with Gasteiger partial charge in [-0.25, -0.2) is 4.98 Å². The van der Waals surface area contributed by atoms with Gasteiger partial charge in [0.1, 0.15) is 18.0 Å². The van der Waals surface area contributed by atoms with Crippen molar-refractivity contribution in [3.05, 3.63) is 57.8 Å². The Labute approximate surface area is 139 Å².